The topological polar surface area (TPSA) is 49.3 Å². The lowest BCUT2D eigenvalue weighted by atomic mass is 10.1. The molecule has 0 bridgehead atoms. The van der Waals surface area contributed by atoms with Crippen LogP contribution in [-0.4, -0.2) is 18.1 Å². The molecule has 0 radical (unpaired) electrons. The molecule has 0 atom stereocenters. The van der Waals surface area contributed by atoms with Crippen LogP contribution in [0, 0.1) is 0 Å². The minimum absolute atomic E-state index is 0.593. The van der Waals surface area contributed by atoms with Crippen LogP contribution in [0.1, 0.15) is 15.9 Å². The molecule has 0 fully saturated rings. The third-order valence-corrected chi connectivity index (χ3v) is 1.80. The lowest BCUT2D eigenvalue weighted by Crippen LogP contribution is -2.22. The Morgan fingerprint density at radius 3 is 2.47 bits per heavy atom. The number of rotatable bonds is 1. The highest BCUT2D eigenvalue weighted by atomic mass is 19.4. The number of carbonyl (C=O) groups is 1. The zero-order valence-corrected chi connectivity index (χ0v) is 7.72. The van der Waals surface area contributed by atoms with E-state index in [9.17, 15) is 18.0 Å². The number of amides is 1. The number of halogens is 3. The van der Waals surface area contributed by atoms with Crippen molar-refractivity contribution in [2.75, 3.05) is 7.05 Å². The highest BCUT2D eigenvalue weighted by molar-refractivity contribution is 5.96. The SMILES string of the molecule is CNC(=O)c1cccc(O)c1C(F)(F)F. The Morgan fingerprint density at radius 1 is 1.40 bits per heavy atom. The standard InChI is InChI=1S/C9H8F3NO2/c1-13-8(15)5-3-2-4-6(14)7(5)9(10,11)12/h2-4,14H,1H3,(H,13,15). The molecule has 2 N–H and O–H groups in total. The number of hydrogen-bond donors (Lipinski definition) is 2. The minimum Gasteiger partial charge on any atom is -0.507 e. The van der Waals surface area contributed by atoms with Gasteiger partial charge in [-0.05, 0) is 12.1 Å². The molecule has 0 aliphatic rings. The highest BCUT2D eigenvalue weighted by Gasteiger charge is 2.38. The van der Waals surface area contributed by atoms with Crippen molar-refractivity contribution in [3.63, 3.8) is 0 Å². The molecule has 15 heavy (non-hydrogen) atoms. The van der Waals surface area contributed by atoms with Gasteiger partial charge in [0.2, 0.25) is 0 Å². The van der Waals surface area contributed by atoms with E-state index in [1.54, 1.807) is 0 Å². The van der Waals surface area contributed by atoms with E-state index in [4.69, 9.17) is 5.11 Å². The van der Waals surface area contributed by atoms with E-state index in [1.807, 2.05) is 0 Å². The number of phenols is 1. The molecule has 0 spiro atoms. The summed E-state index contributed by atoms with van der Waals surface area (Å²) in [4.78, 5) is 11.1. The Labute approximate surface area is 83.5 Å². The molecule has 1 amide bonds. The van der Waals surface area contributed by atoms with Gasteiger partial charge in [-0.15, -0.1) is 0 Å². The molecule has 0 saturated heterocycles. The molecule has 3 nitrogen and oxygen atoms in total. The molecule has 0 saturated carbocycles. The summed E-state index contributed by atoms with van der Waals surface area (Å²) in [5.41, 5.74) is -1.91. The molecule has 82 valence electrons. The smallest absolute Gasteiger partial charge is 0.420 e. The van der Waals surface area contributed by atoms with Gasteiger partial charge in [0.15, 0.2) is 0 Å². The fourth-order valence-corrected chi connectivity index (χ4v) is 1.16. The quantitative estimate of drug-likeness (QED) is 0.756. The zero-order valence-electron chi connectivity index (χ0n) is 7.72. The fraction of sp³-hybridized carbons (Fsp3) is 0.222. The second-order valence-electron chi connectivity index (χ2n) is 2.78. The van der Waals surface area contributed by atoms with E-state index in [0.717, 1.165) is 12.1 Å². The lowest BCUT2D eigenvalue weighted by Gasteiger charge is -2.12. The summed E-state index contributed by atoms with van der Waals surface area (Å²) < 4.78 is 37.4. The van der Waals surface area contributed by atoms with Gasteiger partial charge in [-0.3, -0.25) is 4.79 Å². The Hall–Kier alpha value is -1.72. The van der Waals surface area contributed by atoms with Crippen LogP contribution in [0.2, 0.25) is 0 Å². The summed E-state index contributed by atoms with van der Waals surface area (Å²) in [5.74, 6) is -1.85. The molecule has 6 heteroatoms. The van der Waals surface area contributed by atoms with Crippen molar-refractivity contribution >= 4 is 5.91 Å². The third-order valence-electron chi connectivity index (χ3n) is 1.80. The van der Waals surface area contributed by atoms with Gasteiger partial charge in [0.05, 0.1) is 5.56 Å². The van der Waals surface area contributed by atoms with Gasteiger partial charge in [-0.1, -0.05) is 6.07 Å². The van der Waals surface area contributed by atoms with Crippen molar-refractivity contribution in [3.05, 3.63) is 29.3 Å². The number of carbonyl (C=O) groups excluding carboxylic acids is 1. The Kier molecular flexibility index (Phi) is 2.88. The van der Waals surface area contributed by atoms with E-state index < -0.39 is 29.0 Å². The third kappa shape index (κ3) is 2.20. The number of hydrogen-bond acceptors (Lipinski definition) is 2. The van der Waals surface area contributed by atoms with Crippen molar-refractivity contribution < 1.29 is 23.1 Å². The summed E-state index contributed by atoms with van der Waals surface area (Å²) in [5, 5.41) is 11.1. The van der Waals surface area contributed by atoms with Crippen LogP contribution in [0.15, 0.2) is 18.2 Å². The Morgan fingerprint density at radius 2 is 2.00 bits per heavy atom. The van der Waals surface area contributed by atoms with Crippen LogP contribution in [0.4, 0.5) is 13.2 Å². The van der Waals surface area contributed by atoms with Gasteiger partial charge in [-0.2, -0.15) is 13.2 Å². The molecule has 0 heterocycles. The van der Waals surface area contributed by atoms with Gasteiger partial charge in [0.25, 0.3) is 5.91 Å². The largest absolute Gasteiger partial charge is 0.507 e. The van der Waals surface area contributed by atoms with Crippen LogP contribution in [0.3, 0.4) is 0 Å². The van der Waals surface area contributed by atoms with Crippen molar-refractivity contribution in [2.24, 2.45) is 0 Å². The Bertz CT molecular complexity index is 387. The van der Waals surface area contributed by atoms with Crippen LogP contribution in [0.25, 0.3) is 0 Å². The van der Waals surface area contributed by atoms with Gasteiger partial charge >= 0.3 is 6.18 Å². The van der Waals surface area contributed by atoms with Crippen molar-refractivity contribution in [2.45, 2.75) is 6.18 Å². The summed E-state index contributed by atoms with van der Waals surface area (Å²) in [6.45, 7) is 0. The first-order chi connectivity index (χ1) is 6.88. The summed E-state index contributed by atoms with van der Waals surface area (Å²) in [6, 6.07) is 3.06. The molecule has 1 aromatic carbocycles. The number of alkyl halides is 3. The number of nitrogens with one attached hydrogen (secondary N) is 1. The summed E-state index contributed by atoms with van der Waals surface area (Å²) >= 11 is 0. The number of benzene rings is 1. The molecule has 0 unspecified atom stereocenters. The molecule has 1 rings (SSSR count). The van der Waals surface area contributed by atoms with E-state index in [0.29, 0.717) is 0 Å². The van der Waals surface area contributed by atoms with Gasteiger partial charge in [-0.25, -0.2) is 0 Å². The molecule has 0 aromatic heterocycles. The molecule has 0 aliphatic carbocycles. The maximum Gasteiger partial charge on any atom is 0.420 e. The average Bonchev–Trinajstić information content (AvgIpc) is 2.14. The van der Waals surface area contributed by atoms with Gasteiger partial charge in [0.1, 0.15) is 11.3 Å². The lowest BCUT2D eigenvalue weighted by molar-refractivity contribution is -0.139. The van der Waals surface area contributed by atoms with E-state index >= 15 is 0 Å². The van der Waals surface area contributed by atoms with Crippen LogP contribution >= 0.6 is 0 Å². The predicted molar refractivity (Wildman–Crippen MR) is 46.5 cm³/mol. The Balaban J connectivity index is 3.40. The molecular formula is C9H8F3NO2. The maximum atomic E-state index is 12.5. The second kappa shape index (κ2) is 3.80. The minimum atomic E-state index is -4.76. The first-order valence-electron chi connectivity index (χ1n) is 3.99. The second-order valence-corrected chi connectivity index (χ2v) is 2.78. The van der Waals surface area contributed by atoms with E-state index in [2.05, 4.69) is 5.32 Å². The predicted octanol–water partition coefficient (Wildman–Crippen LogP) is 1.77. The normalized spacial score (nSPS) is 11.2. The number of aromatic hydroxyl groups is 1. The molecule has 1 aromatic rings. The monoisotopic (exact) mass is 219 g/mol. The van der Waals surface area contributed by atoms with Crippen LogP contribution in [0.5, 0.6) is 5.75 Å². The summed E-state index contributed by atoms with van der Waals surface area (Å²) in [6.07, 6.45) is -4.76. The molecule has 0 aliphatic heterocycles. The first-order valence-corrected chi connectivity index (χ1v) is 3.99. The van der Waals surface area contributed by atoms with Gasteiger partial charge < -0.3 is 10.4 Å². The van der Waals surface area contributed by atoms with Crippen LogP contribution in [-0.2, 0) is 6.18 Å². The zero-order chi connectivity index (χ0) is 11.6. The highest BCUT2D eigenvalue weighted by Crippen LogP contribution is 2.37. The first kappa shape index (κ1) is 11.4. The van der Waals surface area contributed by atoms with Crippen molar-refractivity contribution in [1.29, 1.82) is 0 Å². The van der Waals surface area contributed by atoms with E-state index in [-0.39, 0.29) is 0 Å². The maximum absolute atomic E-state index is 12.5. The fourth-order valence-electron chi connectivity index (χ4n) is 1.16. The van der Waals surface area contributed by atoms with E-state index in [1.165, 1.54) is 13.1 Å². The average molecular weight is 219 g/mol. The van der Waals surface area contributed by atoms with Gasteiger partial charge in [0, 0.05) is 7.05 Å². The van der Waals surface area contributed by atoms with Crippen molar-refractivity contribution in [1.82, 2.24) is 5.32 Å². The summed E-state index contributed by atoms with van der Waals surface area (Å²) in [7, 11) is 1.21. The molecular weight excluding hydrogens is 211 g/mol. The van der Waals surface area contributed by atoms with Crippen molar-refractivity contribution in [3.8, 4) is 5.75 Å². The van der Waals surface area contributed by atoms with Crippen LogP contribution < -0.4 is 5.32 Å². The number of phenolic OH excluding ortho intramolecular Hbond substituents is 1.